The predicted molar refractivity (Wildman–Crippen MR) is 98.6 cm³/mol. The van der Waals surface area contributed by atoms with Crippen LogP contribution in [0.5, 0.6) is 0 Å². The first-order valence-electron chi connectivity index (χ1n) is 8.47. The van der Waals surface area contributed by atoms with Crippen molar-refractivity contribution in [3.05, 3.63) is 69.6 Å². The topological polar surface area (TPSA) is 96.5 Å². The van der Waals surface area contributed by atoms with Gasteiger partial charge in [0, 0.05) is 48.0 Å². The summed E-state index contributed by atoms with van der Waals surface area (Å²) in [4.78, 5) is 34.8. The molecule has 27 heavy (non-hydrogen) atoms. The molecule has 0 spiro atoms. The van der Waals surface area contributed by atoms with Crippen LogP contribution in [0, 0.1) is 5.92 Å². The average Bonchev–Trinajstić information content (AvgIpc) is 3.02. The van der Waals surface area contributed by atoms with Crippen LogP contribution in [0.2, 0.25) is 5.02 Å². The monoisotopic (exact) mass is 385 g/mol. The lowest BCUT2D eigenvalue weighted by atomic mass is 10.0. The molecule has 1 aliphatic rings. The highest BCUT2D eigenvalue weighted by atomic mass is 35.5. The van der Waals surface area contributed by atoms with Crippen molar-refractivity contribution in [2.24, 2.45) is 5.92 Å². The number of β-amino-alcohol motifs (C(OH)–C–C–N with tert-alkyl or cyclic N) is 1. The third-order valence-electron chi connectivity index (χ3n) is 4.71. The molecule has 2 aromatic heterocycles. The Kier molecular flexibility index (Phi) is 4.63. The van der Waals surface area contributed by atoms with Crippen LogP contribution >= 0.6 is 11.6 Å². The summed E-state index contributed by atoms with van der Waals surface area (Å²) in [6, 6.07) is 6.32. The summed E-state index contributed by atoms with van der Waals surface area (Å²) in [6.45, 7) is 0.473. The molecule has 0 radical (unpaired) electrons. The van der Waals surface area contributed by atoms with Gasteiger partial charge in [-0.3, -0.25) is 14.8 Å². The summed E-state index contributed by atoms with van der Waals surface area (Å²) >= 11 is 5.97. The molecule has 2 atom stereocenters. The number of carbonyl (C=O) groups is 1. The van der Waals surface area contributed by atoms with E-state index in [1.165, 1.54) is 11.0 Å². The van der Waals surface area contributed by atoms with E-state index in [-0.39, 0.29) is 18.0 Å². The van der Waals surface area contributed by atoms with Crippen LogP contribution in [-0.4, -0.2) is 45.1 Å². The van der Waals surface area contributed by atoms with Gasteiger partial charge < -0.3 is 14.4 Å². The first-order valence-corrected chi connectivity index (χ1v) is 8.84. The molecule has 7 nitrogen and oxygen atoms in total. The molecule has 1 amide bonds. The van der Waals surface area contributed by atoms with Crippen LogP contribution in [0.15, 0.2) is 52.1 Å². The number of aliphatic hydroxyl groups is 1. The fourth-order valence-electron chi connectivity index (χ4n) is 3.34. The second-order valence-electron chi connectivity index (χ2n) is 6.57. The van der Waals surface area contributed by atoms with Gasteiger partial charge in [-0.15, -0.1) is 0 Å². The third kappa shape index (κ3) is 3.56. The highest BCUT2D eigenvalue weighted by Crippen LogP contribution is 2.23. The Labute approximate surface area is 159 Å². The fourth-order valence-corrected chi connectivity index (χ4v) is 3.52. The van der Waals surface area contributed by atoms with Crippen LogP contribution in [-0.2, 0) is 6.42 Å². The third-order valence-corrected chi connectivity index (χ3v) is 4.94. The summed E-state index contributed by atoms with van der Waals surface area (Å²) in [6.07, 6.45) is 4.61. The van der Waals surface area contributed by atoms with E-state index in [2.05, 4.69) is 9.97 Å². The number of aromatic nitrogens is 2. The molecule has 1 fully saturated rings. The fraction of sp³-hybridized carbons (Fsp3) is 0.263. The van der Waals surface area contributed by atoms with E-state index in [0.717, 1.165) is 5.69 Å². The molecular formula is C19H16ClN3O4. The van der Waals surface area contributed by atoms with E-state index in [1.54, 1.807) is 36.8 Å². The number of rotatable bonds is 3. The number of likely N-dealkylation sites (tertiary alicyclic amines) is 1. The van der Waals surface area contributed by atoms with Gasteiger partial charge in [-0.1, -0.05) is 11.6 Å². The number of amides is 1. The molecule has 0 bridgehead atoms. The van der Waals surface area contributed by atoms with Crippen molar-refractivity contribution in [3.8, 4) is 0 Å². The molecule has 3 heterocycles. The van der Waals surface area contributed by atoms with Crippen molar-refractivity contribution in [2.45, 2.75) is 12.5 Å². The molecule has 4 rings (SSSR count). The number of aliphatic hydroxyl groups excluding tert-OH is 1. The van der Waals surface area contributed by atoms with Crippen molar-refractivity contribution in [3.63, 3.8) is 0 Å². The Morgan fingerprint density at radius 2 is 2.15 bits per heavy atom. The minimum absolute atomic E-state index is 0.0721. The van der Waals surface area contributed by atoms with Gasteiger partial charge in [-0.2, -0.15) is 0 Å². The Hall–Kier alpha value is -2.77. The van der Waals surface area contributed by atoms with Gasteiger partial charge in [0.05, 0.1) is 11.8 Å². The number of fused-ring (bicyclic) bond motifs is 1. The number of benzene rings is 1. The minimum Gasteiger partial charge on any atom is -0.422 e. The molecule has 0 unspecified atom stereocenters. The maximum atomic E-state index is 12.8. The van der Waals surface area contributed by atoms with Gasteiger partial charge in [-0.25, -0.2) is 4.79 Å². The number of hydrogen-bond acceptors (Lipinski definition) is 6. The molecule has 1 aromatic carbocycles. The smallest absolute Gasteiger partial charge is 0.349 e. The Balaban J connectivity index is 1.57. The van der Waals surface area contributed by atoms with Crippen molar-refractivity contribution in [1.29, 1.82) is 0 Å². The van der Waals surface area contributed by atoms with Crippen LogP contribution in [0.4, 0.5) is 0 Å². The first-order chi connectivity index (χ1) is 13.0. The zero-order valence-electron chi connectivity index (χ0n) is 14.2. The van der Waals surface area contributed by atoms with Gasteiger partial charge in [0.2, 0.25) is 0 Å². The lowest BCUT2D eigenvalue weighted by Gasteiger charge is -2.15. The van der Waals surface area contributed by atoms with Crippen molar-refractivity contribution in [2.75, 3.05) is 13.1 Å². The number of halogens is 1. The average molecular weight is 386 g/mol. The van der Waals surface area contributed by atoms with Crippen LogP contribution in [0.3, 0.4) is 0 Å². The summed E-state index contributed by atoms with van der Waals surface area (Å²) in [7, 11) is 0. The van der Waals surface area contributed by atoms with Gasteiger partial charge >= 0.3 is 5.63 Å². The summed E-state index contributed by atoms with van der Waals surface area (Å²) in [5, 5.41) is 11.4. The molecule has 3 aromatic rings. The van der Waals surface area contributed by atoms with Gasteiger partial charge in [-0.05, 0) is 30.7 Å². The van der Waals surface area contributed by atoms with Gasteiger partial charge in [0.15, 0.2) is 0 Å². The Morgan fingerprint density at radius 3 is 2.93 bits per heavy atom. The number of nitrogens with zero attached hydrogens (tertiary/aromatic N) is 3. The highest BCUT2D eigenvalue weighted by Gasteiger charge is 2.35. The van der Waals surface area contributed by atoms with Crippen LogP contribution in [0.25, 0.3) is 11.0 Å². The molecular weight excluding hydrogens is 370 g/mol. The maximum Gasteiger partial charge on any atom is 0.349 e. The molecule has 1 aliphatic heterocycles. The van der Waals surface area contributed by atoms with Crippen molar-refractivity contribution < 1.29 is 14.3 Å². The second-order valence-corrected chi connectivity index (χ2v) is 7.00. The standard InChI is InChI=1S/C19H16ClN3O4/c20-13-1-2-17-11(5-13)7-15(19(26)27-17)18(25)23-9-12(16(24)10-23)6-14-8-21-3-4-22-14/h1-5,7-8,12,16,24H,6,9-10H2/t12-,16-/m1/s1. The quantitative estimate of drug-likeness (QED) is 0.692. The summed E-state index contributed by atoms with van der Waals surface area (Å²) in [5.74, 6) is -0.640. The van der Waals surface area contributed by atoms with E-state index >= 15 is 0 Å². The largest absolute Gasteiger partial charge is 0.422 e. The lowest BCUT2D eigenvalue weighted by molar-refractivity contribution is 0.0760. The van der Waals surface area contributed by atoms with Gasteiger partial charge in [0.1, 0.15) is 11.1 Å². The van der Waals surface area contributed by atoms with E-state index in [4.69, 9.17) is 16.0 Å². The van der Waals surface area contributed by atoms with Crippen molar-refractivity contribution >= 4 is 28.5 Å². The highest BCUT2D eigenvalue weighted by molar-refractivity contribution is 6.31. The summed E-state index contributed by atoms with van der Waals surface area (Å²) in [5.41, 5.74) is 0.331. The van der Waals surface area contributed by atoms with E-state index < -0.39 is 17.6 Å². The molecule has 0 aliphatic carbocycles. The normalized spacial score (nSPS) is 19.6. The molecule has 0 saturated carbocycles. The second kappa shape index (κ2) is 7.09. The zero-order valence-corrected chi connectivity index (χ0v) is 15.0. The lowest BCUT2D eigenvalue weighted by Crippen LogP contribution is -2.33. The Bertz CT molecular complexity index is 1050. The van der Waals surface area contributed by atoms with Gasteiger partial charge in [0.25, 0.3) is 5.91 Å². The number of hydrogen-bond donors (Lipinski definition) is 1. The van der Waals surface area contributed by atoms with Crippen LogP contribution in [0.1, 0.15) is 16.1 Å². The van der Waals surface area contributed by atoms with E-state index in [0.29, 0.717) is 29.0 Å². The molecule has 1 saturated heterocycles. The SMILES string of the molecule is O=C(c1cc2cc(Cl)ccc2oc1=O)N1C[C@@H](Cc2cnccn2)[C@H](O)C1. The number of carbonyl (C=O) groups excluding carboxylic acids is 1. The van der Waals surface area contributed by atoms with E-state index in [9.17, 15) is 14.7 Å². The molecule has 8 heteroatoms. The maximum absolute atomic E-state index is 12.8. The molecule has 1 N–H and O–H groups in total. The Morgan fingerprint density at radius 1 is 1.30 bits per heavy atom. The van der Waals surface area contributed by atoms with Crippen molar-refractivity contribution in [1.82, 2.24) is 14.9 Å². The molecule has 138 valence electrons. The minimum atomic E-state index is -0.707. The first kappa shape index (κ1) is 17.6. The predicted octanol–water partition coefficient (Wildman–Crippen LogP) is 1.91. The zero-order chi connectivity index (χ0) is 19.0. The van der Waals surface area contributed by atoms with E-state index in [1.807, 2.05) is 0 Å². The van der Waals surface area contributed by atoms with Crippen LogP contribution < -0.4 is 5.63 Å². The summed E-state index contributed by atoms with van der Waals surface area (Å²) < 4.78 is 5.24.